The second-order valence-corrected chi connectivity index (χ2v) is 6.09. The van der Waals surface area contributed by atoms with Crippen molar-refractivity contribution < 1.29 is 9.53 Å². The number of ether oxygens (including phenoxy) is 1. The Morgan fingerprint density at radius 1 is 0.722 bits per heavy atom. The number of carbonyl (C=O) groups is 1. The first kappa shape index (κ1) is 13.9. The van der Waals surface area contributed by atoms with E-state index in [1.54, 1.807) is 0 Å². The summed E-state index contributed by atoms with van der Waals surface area (Å²) >= 11 is 0. The van der Waals surface area contributed by atoms with Crippen molar-refractivity contribution in [1.29, 1.82) is 0 Å². The average Bonchev–Trinajstić information content (AvgIpc) is 2.76. The molecule has 1 unspecified atom stereocenters. The predicted molar refractivity (Wildman–Crippen MR) is 73.4 cm³/mol. The van der Waals surface area contributed by atoms with E-state index in [-0.39, 0.29) is 12.1 Å². The molecule has 1 aliphatic heterocycles. The van der Waals surface area contributed by atoms with Crippen molar-refractivity contribution in [3.8, 4) is 0 Å². The van der Waals surface area contributed by atoms with Crippen molar-refractivity contribution in [2.45, 2.75) is 89.6 Å². The van der Waals surface area contributed by atoms with Gasteiger partial charge in [0, 0.05) is 6.42 Å². The van der Waals surface area contributed by atoms with Gasteiger partial charge in [-0.15, -0.1) is 0 Å². The highest BCUT2D eigenvalue weighted by Crippen LogP contribution is 2.30. The minimum absolute atomic E-state index is 0.0334. The van der Waals surface area contributed by atoms with E-state index in [1.165, 1.54) is 70.6 Å². The SMILES string of the molecule is O=C1CCC(C2CCCCCCCCCCC2)O1. The van der Waals surface area contributed by atoms with Gasteiger partial charge in [0.1, 0.15) is 6.10 Å². The Kier molecular flexibility index (Phi) is 6.02. The van der Waals surface area contributed by atoms with E-state index in [9.17, 15) is 4.79 Å². The van der Waals surface area contributed by atoms with Gasteiger partial charge in [-0.05, 0) is 25.2 Å². The molecule has 0 bridgehead atoms. The third kappa shape index (κ3) is 4.62. The van der Waals surface area contributed by atoms with E-state index < -0.39 is 0 Å². The maximum absolute atomic E-state index is 11.3. The molecule has 18 heavy (non-hydrogen) atoms. The molecule has 1 heterocycles. The lowest BCUT2D eigenvalue weighted by molar-refractivity contribution is -0.143. The Morgan fingerprint density at radius 2 is 1.22 bits per heavy atom. The molecule has 0 radical (unpaired) electrons. The van der Waals surface area contributed by atoms with Gasteiger partial charge in [-0.25, -0.2) is 0 Å². The van der Waals surface area contributed by atoms with Gasteiger partial charge in [0.2, 0.25) is 0 Å². The summed E-state index contributed by atoms with van der Waals surface area (Å²) in [4.78, 5) is 11.3. The third-order valence-corrected chi connectivity index (χ3v) is 4.59. The average molecular weight is 252 g/mol. The Balaban J connectivity index is 1.79. The smallest absolute Gasteiger partial charge is 0.306 e. The number of cyclic esters (lactones) is 1. The van der Waals surface area contributed by atoms with Gasteiger partial charge in [-0.2, -0.15) is 0 Å². The Hall–Kier alpha value is -0.530. The molecule has 0 aromatic heterocycles. The third-order valence-electron chi connectivity index (χ3n) is 4.59. The first-order valence-electron chi connectivity index (χ1n) is 8.06. The zero-order valence-electron chi connectivity index (χ0n) is 11.7. The summed E-state index contributed by atoms with van der Waals surface area (Å²) in [6, 6.07) is 0. The van der Waals surface area contributed by atoms with Crippen molar-refractivity contribution in [2.24, 2.45) is 5.92 Å². The van der Waals surface area contributed by atoms with Crippen LogP contribution in [0.4, 0.5) is 0 Å². The van der Waals surface area contributed by atoms with E-state index in [2.05, 4.69) is 0 Å². The Bertz CT molecular complexity index is 237. The quantitative estimate of drug-likeness (QED) is 0.637. The van der Waals surface area contributed by atoms with Crippen LogP contribution in [-0.2, 0) is 9.53 Å². The highest BCUT2D eigenvalue weighted by Gasteiger charge is 2.30. The summed E-state index contributed by atoms with van der Waals surface area (Å²) in [7, 11) is 0. The monoisotopic (exact) mass is 252 g/mol. The summed E-state index contributed by atoms with van der Waals surface area (Å²) in [6.45, 7) is 0. The lowest BCUT2D eigenvalue weighted by Crippen LogP contribution is -2.20. The minimum atomic E-state index is 0.0334. The van der Waals surface area contributed by atoms with Gasteiger partial charge < -0.3 is 4.74 Å². The largest absolute Gasteiger partial charge is 0.462 e. The van der Waals surface area contributed by atoms with Crippen LogP contribution >= 0.6 is 0 Å². The second kappa shape index (κ2) is 7.81. The van der Waals surface area contributed by atoms with Gasteiger partial charge >= 0.3 is 5.97 Å². The van der Waals surface area contributed by atoms with Crippen molar-refractivity contribution in [3.05, 3.63) is 0 Å². The normalized spacial score (nSPS) is 29.3. The topological polar surface area (TPSA) is 26.3 Å². The number of hydrogen-bond donors (Lipinski definition) is 0. The van der Waals surface area contributed by atoms with E-state index >= 15 is 0 Å². The Labute approximate surface area is 111 Å². The molecule has 104 valence electrons. The van der Waals surface area contributed by atoms with Crippen LogP contribution in [0.25, 0.3) is 0 Å². The highest BCUT2D eigenvalue weighted by atomic mass is 16.5. The summed E-state index contributed by atoms with van der Waals surface area (Å²) in [6.07, 6.45) is 16.9. The molecule has 0 spiro atoms. The molecule has 0 N–H and O–H groups in total. The zero-order chi connectivity index (χ0) is 12.6. The number of hydrogen-bond acceptors (Lipinski definition) is 2. The highest BCUT2D eigenvalue weighted by molar-refractivity contribution is 5.71. The molecule has 2 fully saturated rings. The predicted octanol–water partition coefficient (Wildman–Crippen LogP) is 4.61. The van der Waals surface area contributed by atoms with Crippen molar-refractivity contribution >= 4 is 5.97 Å². The van der Waals surface area contributed by atoms with Crippen LogP contribution in [0.1, 0.15) is 83.5 Å². The molecule has 0 aromatic rings. The molecule has 1 saturated carbocycles. The fourth-order valence-corrected chi connectivity index (χ4v) is 3.45. The van der Waals surface area contributed by atoms with Gasteiger partial charge in [0.25, 0.3) is 0 Å². The fourth-order valence-electron chi connectivity index (χ4n) is 3.45. The molecule has 1 atom stereocenters. The van der Waals surface area contributed by atoms with Crippen LogP contribution in [0.5, 0.6) is 0 Å². The van der Waals surface area contributed by atoms with Gasteiger partial charge in [-0.3, -0.25) is 4.79 Å². The first-order valence-corrected chi connectivity index (χ1v) is 8.06. The van der Waals surface area contributed by atoms with Crippen molar-refractivity contribution in [1.82, 2.24) is 0 Å². The maximum atomic E-state index is 11.3. The van der Waals surface area contributed by atoms with Crippen molar-refractivity contribution in [3.63, 3.8) is 0 Å². The van der Waals surface area contributed by atoms with E-state index in [1.807, 2.05) is 0 Å². The van der Waals surface area contributed by atoms with E-state index in [0.29, 0.717) is 12.3 Å². The van der Waals surface area contributed by atoms with Crippen LogP contribution in [-0.4, -0.2) is 12.1 Å². The first-order chi connectivity index (χ1) is 8.86. The second-order valence-electron chi connectivity index (χ2n) is 6.09. The van der Waals surface area contributed by atoms with Crippen LogP contribution in [0.15, 0.2) is 0 Å². The molecule has 2 aliphatic rings. The number of esters is 1. The van der Waals surface area contributed by atoms with Gasteiger partial charge in [0.05, 0.1) is 0 Å². The maximum Gasteiger partial charge on any atom is 0.306 e. The van der Waals surface area contributed by atoms with E-state index in [4.69, 9.17) is 4.74 Å². The molecular formula is C16H28O2. The number of rotatable bonds is 1. The van der Waals surface area contributed by atoms with Crippen LogP contribution in [0.3, 0.4) is 0 Å². The number of carbonyl (C=O) groups excluding carboxylic acids is 1. The zero-order valence-corrected chi connectivity index (χ0v) is 11.7. The minimum Gasteiger partial charge on any atom is -0.462 e. The Morgan fingerprint density at radius 3 is 1.67 bits per heavy atom. The fraction of sp³-hybridized carbons (Fsp3) is 0.938. The molecule has 2 heteroatoms. The standard InChI is InChI=1S/C16H28O2/c17-16-13-12-15(18-16)14-10-8-6-4-2-1-3-5-7-9-11-14/h14-15H,1-13H2. The lowest BCUT2D eigenvalue weighted by Gasteiger charge is -2.23. The van der Waals surface area contributed by atoms with Crippen LogP contribution in [0, 0.1) is 5.92 Å². The summed E-state index contributed by atoms with van der Waals surface area (Å²) < 4.78 is 5.49. The molecule has 0 aromatic carbocycles. The van der Waals surface area contributed by atoms with Crippen molar-refractivity contribution in [2.75, 3.05) is 0 Å². The summed E-state index contributed by atoms with van der Waals surface area (Å²) in [5.74, 6) is 0.682. The lowest BCUT2D eigenvalue weighted by atomic mass is 9.88. The van der Waals surface area contributed by atoms with Crippen LogP contribution < -0.4 is 0 Å². The molecule has 1 saturated heterocycles. The molecule has 1 aliphatic carbocycles. The summed E-state index contributed by atoms with van der Waals surface area (Å²) in [5.41, 5.74) is 0. The summed E-state index contributed by atoms with van der Waals surface area (Å²) in [5, 5.41) is 0. The molecular weight excluding hydrogens is 224 g/mol. The molecule has 2 nitrogen and oxygen atoms in total. The van der Waals surface area contributed by atoms with E-state index in [0.717, 1.165) is 6.42 Å². The molecule has 0 amide bonds. The molecule has 2 rings (SSSR count). The van der Waals surface area contributed by atoms with Gasteiger partial charge in [0.15, 0.2) is 0 Å². The van der Waals surface area contributed by atoms with Gasteiger partial charge in [-0.1, -0.05) is 57.8 Å². The van der Waals surface area contributed by atoms with Crippen LogP contribution in [0.2, 0.25) is 0 Å².